The molecule has 1 amide bonds. The number of hydrogen-bond donors (Lipinski definition) is 1. The van der Waals surface area contributed by atoms with Gasteiger partial charge in [-0.3, -0.25) is 4.79 Å². The van der Waals surface area contributed by atoms with Crippen LogP contribution < -0.4 is 5.32 Å². The molecule has 16 heavy (non-hydrogen) atoms. The van der Waals surface area contributed by atoms with Crippen molar-refractivity contribution in [3.05, 3.63) is 12.3 Å². The maximum absolute atomic E-state index is 11.9. The van der Waals surface area contributed by atoms with E-state index in [-0.39, 0.29) is 17.9 Å². The number of hydrogen-bond acceptors (Lipinski definition) is 2. The van der Waals surface area contributed by atoms with Gasteiger partial charge in [-0.05, 0) is 26.7 Å². The number of rotatable bonds is 3. The third kappa shape index (κ3) is 2.26. The van der Waals surface area contributed by atoms with Crippen molar-refractivity contribution in [3.8, 4) is 0 Å². The molecule has 1 aliphatic rings. The fraction of sp³-hybridized carbons (Fsp3) is 0.667. The maximum Gasteiger partial charge on any atom is 0.228 e. The van der Waals surface area contributed by atoms with Gasteiger partial charge >= 0.3 is 0 Å². The second-order valence-electron chi connectivity index (χ2n) is 4.73. The van der Waals surface area contributed by atoms with Crippen molar-refractivity contribution in [1.29, 1.82) is 0 Å². The number of aromatic nitrogens is 2. The first-order valence-corrected chi connectivity index (χ1v) is 6.03. The summed E-state index contributed by atoms with van der Waals surface area (Å²) in [6, 6.07) is 2.13. The van der Waals surface area contributed by atoms with Gasteiger partial charge < -0.3 is 5.32 Å². The van der Waals surface area contributed by atoms with Crippen molar-refractivity contribution >= 4 is 11.7 Å². The summed E-state index contributed by atoms with van der Waals surface area (Å²) in [7, 11) is 0. The first kappa shape index (κ1) is 11.2. The van der Waals surface area contributed by atoms with E-state index in [1.54, 1.807) is 6.20 Å². The quantitative estimate of drug-likeness (QED) is 0.852. The lowest BCUT2D eigenvalue weighted by Gasteiger charge is -2.14. The normalized spacial score (nSPS) is 16.9. The van der Waals surface area contributed by atoms with Crippen LogP contribution in [0.2, 0.25) is 0 Å². The minimum atomic E-state index is 0.153. The fourth-order valence-corrected chi connectivity index (χ4v) is 2.24. The highest BCUT2D eigenvalue weighted by atomic mass is 16.2. The maximum atomic E-state index is 11.9. The van der Waals surface area contributed by atoms with Gasteiger partial charge in [0.2, 0.25) is 5.91 Å². The molecule has 0 unspecified atom stereocenters. The fourth-order valence-electron chi connectivity index (χ4n) is 2.24. The zero-order chi connectivity index (χ0) is 11.5. The van der Waals surface area contributed by atoms with Gasteiger partial charge in [0.1, 0.15) is 5.82 Å². The van der Waals surface area contributed by atoms with E-state index >= 15 is 0 Å². The molecule has 2 rings (SSSR count). The smallest absolute Gasteiger partial charge is 0.228 e. The molecule has 4 nitrogen and oxygen atoms in total. The van der Waals surface area contributed by atoms with Crippen molar-refractivity contribution in [2.24, 2.45) is 5.92 Å². The lowest BCUT2D eigenvalue weighted by molar-refractivity contribution is -0.119. The molecule has 0 aliphatic heterocycles. The van der Waals surface area contributed by atoms with E-state index in [1.807, 2.05) is 10.7 Å². The molecule has 0 aromatic carbocycles. The number of amides is 1. The van der Waals surface area contributed by atoms with Crippen LogP contribution in [0.3, 0.4) is 0 Å². The number of nitrogens with zero attached hydrogens (tertiary/aromatic N) is 2. The van der Waals surface area contributed by atoms with Gasteiger partial charge in [0.15, 0.2) is 0 Å². The monoisotopic (exact) mass is 221 g/mol. The zero-order valence-electron chi connectivity index (χ0n) is 9.94. The van der Waals surface area contributed by atoms with E-state index in [0.717, 1.165) is 18.7 Å². The minimum Gasteiger partial charge on any atom is -0.311 e. The summed E-state index contributed by atoms with van der Waals surface area (Å²) in [6.07, 6.45) is 6.15. The summed E-state index contributed by atoms with van der Waals surface area (Å²) in [5.74, 6) is 1.17. The van der Waals surface area contributed by atoms with Crippen LogP contribution in [0.1, 0.15) is 45.6 Å². The summed E-state index contributed by atoms with van der Waals surface area (Å²) < 4.78 is 1.84. The van der Waals surface area contributed by atoms with Crippen LogP contribution in [0.4, 0.5) is 5.82 Å². The summed E-state index contributed by atoms with van der Waals surface area (Å²) >= 11 is 0. The minimum absolute atomic E-state index is 0.153. The van der Waals surface area contributed by atoms with Crippen LogP contribution in [-0.2, 0) is 4.79 Å². The standard InChI is InChI=1S/C12H19N3O/c1-9(2)15-11(7-8-13-15)14-12(16)10-5-3-4-6-10/h7-10H,3-6H2,1-2H3,(H,14,16). The number of carbonyl (C=O) groups is 1. The first-order chi connectivity index (χ1) is 7.68. The van der Waals surface area contributed by atoms with Crippen molar-refractivity contribution in [3.63, 3.8) is 0 Å². The second kappa shape index (κ2) is 4.68. The third-order valence-electron chi connectivity index (χ3n) is 3.14. The molecule has 0 spiro atoms. The molecule has 1 aromatic rings. The van der Waals surface area contributed by atoms with E-state index in [2.05, 4.69) is 24.3 Å². The van der Waals surface area contributed by atoms with Gasteiger partial charge in [-0.25, -0.2) is 4.68 Å². The van der Waals surface area contributed by atoms with Crippen LogP contribution in [-0.4, -0.2) is 15.7 Å². The van der Waals surface area contributed by atoms with Crippen LogP contribution in [0, 0.1) is 5.92 Å². The van der Waals surface area contributed by atoms with Crippen molar-refractivity contribution < 1.29 is 4.79 Å². The summed E-state index contributed by atoms with van der Waals surface area (Å²) in [5.41, 5.74) is 0. The predicted molar refractivity (Wildman–Crippen MR) is 63.2 cm³/mol. The summed E-state index contributed by atoms with van der Waals surface area (Å²) in [4.78, 5) is 11.9. The van der Waals surface area contributed by atoms with Gasteiger partial charge in [-0.15, -0.1) is 0 Å². The molecule has 0 atom stereocenters. The molecule has 0 radical (unpaired) electrons. The second-order valence-corrected chi connectivity index (χ2v) is 4.73. The molecule has 1 N–H and O–H groups in total. The molecule has 1 aliphatic carbocycles. The molecule has 4 heteroatoms. The molecular formula is C12H19N3O. The van der Waals surface area contributed by atoms with Gasteiger partial charge in [-0.1, -0.05) is 12.8 Å². The molecule has 0 saturated heterocycles. The largest absolute Gasteiger partial charge is 0.311 e. The Kier molecular flexibility index (Phi) is 3.27. The molecular weight excluding hydrogens is 202 g/mol. The number of nitrogens with one attached hydrogen (secondary N) is 1. The van der Waals surface area contributed by atoms with Gasteiger partial charge in [0.25, 0.3) is 0 Å². The Morgan fingerprint density at radius 2 is 2.19 bits per heavy atom. The Hall–Kier alpha value is -1.32. The van der Waals surface area contributed by atoms with E-state index in [9.17, 15) is 4.79 Å². The summed E-state index contributed by atoms with van der Waals surface area (Å²) in [6.45, 7) is 4.11. The third-order valence-corrected chi connectivity index (χ3v) is 3.14. The van der Waals surface area contributed by atoms with Crippen molar-refractivity contribution in [1.82, 2.24) is 9.78 Å². The average Bonchev–Trinajstić information content (AvgIpc) is 2.86. The highest BCUT2D eigenvalue weighted by Crippen LogP contribution is 2.26. The van der Waals surface area contributed by atoms with Crippen LogP contribution >= 0.6 is 0 Å². The van der Waals surface area contributed by atoms with E-state index < -0.39 is 0 Å². The predicted octanol–water partition coefficient (Wildman–Crippen LogP) is 2.59. The van der Waals surface area contributed by atoms with Crippen LogP contribution in [0.15, 0.2) is 12.3 Å². The van der Waals surface area contributed by atoms with Crippen molar-refractivity contribution in [2.45, 2.75) is 45.6 Å². The van der Waals surface area contributed by atoms with E-state index in [0.29, 0.717) is 0 Å². The lowest BCUT2D eigenvalue weighted by atomic mass is 10.1. The highest BCUT2D eigenvalue weighted by molar-refractivity contribution is 5.91. The zero-order valence-corrected chi connectivity index (χ0v) is 9.94. The highest BCUT2D eigenvalue weighted by Gasteiger charge is 2.23. The number of anilines is 1. The SMILES string of the molecule is CC(C)n1nccc1NC(=O)C1CCCC1. The van der Waals surface area contributed by atoms with Gasteiger partial charge in [-0.2, -0.15) is 5.10 Å². The Morgan fingerprint density at radius 1 is 1.50 bits per heavy atom. The molecule has 88 valence electrons. The van der Waals surface area contributed by atoms with E-state index in [1.165, 1.54) is 12.8 Å². The first-order valence-electron chi connectivity index (χ1n) is 6.03. The Bertz CT molecular complexity index is 364. The molecule has 1 fully saturated rings. The Morgan fingerprint density at radius 3 is 2.81 bits per heavy atom. The molecule has 1 heterocycles. The molecule has 1 aromatic heterocycles. The van der Waals surface area contributed by atoms with E-state index in [4.69, 9.17) is 0 Å². The van der Waals surface area contributed by atoms with Gasteiger partial charge in [0, 0.05) is 18.0 Å². The average molecular weight is 221 g/mol. The van der Waals surface area contributed by atoms with Crippen LogP contribution in [0.5, 0.6) is 0 Å². The van der Waals surface area contributed by atoms with Gasteiger partial charge in [0.05, 0.1) is 6.20 Å². The lowest BCUT2D eigenvalue weighted by Crippen LogP contribution is -2.22. The molecule has 1 saturated carbocycles. The molecule has 0 bridgehead atoms. The topological polar surface area (TPSA) is 46.9 Å². The van der Waals surface area contributed by atoms with Crippen molar-refractivity contribution in [2.75, 3.05) is 5.32 Å². The Balaban J connectivity index is 2.02. The number of carbonyl (C=O) groups excluding carboxylic acids is 1. The Labute approximate surface area is 96.0 Å². The summed E-state index contributed by atoms with van der Waals surface area (Å²) in [5, 5.41) is 7.17. The van der Waals surface area contributed by atoms with Crippen LogP contribution in [0.25, 0.3) is 0 Å².